The number of hydrogen-bond acceptors (Lipinski definition) is 2. The van der Waals surface area contributed by atoms with Crippen LogP contribution in [0.5, 0.6) is 0 Å². The quantitative estimate of drug-likeness (QED) is 0.526. The largest absolute Gasteiger partial charge is 0.379 e. The average Bonchev–Trinajstić information content (AvgIpc) is 3.17. The van der Waals surface area contributed by atoms with E-state index in [-0.39, 0.29) is 0 Å². The molecule has 5 rings (SSSR count). The van der Waals surface area contributed by atoms with Crippen LogP contribution < -0.4 is 0 Å². The molecule has 0 atom stereocenters. The summed E-state index contributed by atoms with van der Waals surface area (Å²) in [7, 11) is 0. The summed E-state index contributed by atoms with van der Waals surface area (Å²) in [6, 6.07) is 28.2. The van der Waals surface area contributed by atoms with Crippen LogP contribution in [-0.2, 0) is 4.74 Å². The zero-order valence-corrected chi connectivity index (χ0v) is 17.3. The second kappa shape index (κ2) is 8.83. The zero-order valence-electron chi connectivity index (χ0n) is 17.3. The van der Waals surface area contributed by atoms with E-state index < -0.39 is 0 Å². The lowest BCUT2D eigenvalue weighted by atomic mass is 9.99. The van der Waals surface area contributed by atoms with E-state index in [0.717, 1.165) is 39.3 Å². The summed E-state index contributed by atoms with van der Waals surface area (Å²) >= 11 is 0. The molecule has 3 aromatic rings. The van der Waals surface area contributed by atoms with Gasteiger partial charge < -0.3 is 4.74 Å². The predicted octanol–water partition coefficient (Wildman–Crippen LogP) is 6.01. The highest BCUT2D eigenvalue weighted by Gasteiger charge is 2.19. The van der Waals surface area contributed by atoms with Gasteiger partial charge in [0, 0.05) is 19.6 Å². The van der Waals surface area contributed by atoms with Gasteiger partial charge in [0.2, 0.25) is 0 Å². The van der Waals surface area contributed by atoms with E-state index in [1.807, 2.05) is 0 Å². The van der Waals surface area contributed by atoms with Crippen molar-refractivity contribution >= 4 is 17.2 Å². The van der Waals surface area contributed by atoms with Crippen molar-refractivity contribution < 1.29 is 4.74 Å². The van der Waals surface area contributed by atoms with Crippen molar-refractivity contribution in [2.75, 3.05) is 32.8 Å². The smallest absolute Gasteiger partial charge is 0.0594 e. The highest BCUT2D eigenvalue weighted by atomic mass is 16.5. The van der Waals surface area contributed by atoms with Crippen molar-refractivity contribution in [3.8, 4) is 11.1 Å². The third-order valence-corrected chi connectivity index (χ3v) is 6.03. The van der Waals surface area contributed by atoms with Gasteiger partial charge in [0.15, 0.2) is 0 Å². The first-order valence-electron chi connectivity index (χ1n) is 10.8. The number of ether oxygens (including phenoxy) is 1. The minimum Gasteiger partial charge on any atom is -0.379 e. The van der Waals surface area contributed by atoms with Gasteiger partial charge in [0.05, 0.1) is 13.2 Å². The number of nitrogens with zero attached hydrogens (tertiary/aromatic N) is 1. The number of benzene rings is 3. The van der Waals surface area contributed by atoms with Gasteiger partial charge in [-0.3, -0.25) is 4.90 Å². The molecule has 1 aliphatic heterocycles. The summed E-state index contributed by atoms with van der Waals surface area (Å²) in [5.74, 6) is 0. The van der Waals surface area contributed by atoms with Crippen LogP contribution in [0.25, 0.3) is 28.3 Å². The molecule has 2 nitrogen and oxygen atoms in total. The van der Waals surface area contributed by atoms with Gasteiger partial charge >= 0.3 is 0 Å². The fraction of sp³-hybridized carbons (Fsp3) is 0.214. The molecule has 1 fully saturated rings. The molecule has 2 aliphatic rings. The molecule has 0 saturated carbocycles. The van der Waals surface area contributed by atoms with Gasteiger partial charge in [-0.25, -0.2) is 0 Å². The lowest BCUT2D eigenvalue weighted by Crippen LogP contribution is -2.36. The Hall–Kier alpha value is -2.94. The molecule has 0 unspecified atom stereocenters. The van der Waals surface area contributed by atoms with E-state index in [4.69, 9.17) is 4.74 Å². The molecule has 0 amide bonds. The van der Waals surface area contributed by atoms with Crippen molar-refractivity contribution in [1.82, 2.24) is 4.90 Å². The molecule has 150 valence electrons. The SMILES string of the molecule is C(=C1C=C(CCN2CCOCC2)c2ccccc21)c1cccc(-c2ccccc2)c1. The van der Waals surface area contributed by atoms with Crippen molar-refractivity contribution in [3.63, 3.8) is 0 Å². The minimum absolute atomic E-state index is 0.860. The summed E-state index contributed by atoms with van der Waals surface area (Å²) in [6.45, 7) is 4.91. The summed E-state index contributed by atoms with van der Waals surface area (Å²) < 4.78 is 5.49. The first-order chi connectivity index (χ1) is 14.9. The standard InChI is InChI=1S/C28H27NO/c1-2-8-23(9-3-1)24-10-6-7-22(19-24)20-26-21-25(27-11-4-5-12-28(26)27)13-14-29-15-17-30-18-16-29/h1-12,19-21H,13-18H2. The molecule has 1 aliphatic carbocycles. The van der Waals surface area contributed by atoms with Crippen LogP contribution in [0.15, 0.2) is 84.9 Å². The highest BCUT2D eigenvalue weighted by molar-refractivity contribution is 6.01. The van der Waals surface area contributed by atoms with Gasteiger partial charge in [-0.2, -0.15) is 0 Å². The molecule has 0 spiro atoms. The molecule has 0 N–H and O–H groups in total. The highest BCUT2D eigenvalue weighted by Crippen LogP contribution is 2.38. The fourth-order valence-corrected chi connectivity index (χ4v) is 4.41. The van der Waals surface area contributed by atoms with Crippen LogP contribution in [-0.4, -0.2) is 37.7 Å². The van der Waals surface area contributed by atoms with Gasteiger partial charge in [-0.1, -0.05) is 78.9 Å². The average molecular weight is 394 g/mol. The third kappa shape index (κ3) is 4.16. The number of fused-ring (bicyclic) bond motifs is 1. The number of rotatable bonds is 5. The van der Waals surface area contributed by atoms with Crippen molar-refractivity contribution in [2.45, 2.75) is 6.42 Å². The molecular formula is C28H27NO. The van der Waals surface area contributed by atoms with Gasteiger partial charge in [-0.05, 0) is 57.5 Å². The molecule has 0 radical (unpaired) electrons. The normalized spacial score (nSPS) is 17.7. The molecule has 1 saturated heterocycles. The monoisotopic (exact) mass is 393 g/mol. The molecule has 0 aromatic heterocycles. The maximum Gasteiger partial charge on any atom is 0.0594 e. The summed E-state index contributed by atoms with van der Waals surface area (Å²) in [5, 5.41) is 0. The molecule has 30 heavy (non-hydrogen) atoms. The Bertz CT molecular complexity index is 1070. The van der Waals surface area contributed by atoms with E-state index >= 15 is 0 Å². The summed E-state index contributed by atoms with van der Waals surface area (Å²) in [4.78, 5) is 2.51. The Balaban J connectivity index is 1.42. The van der Waals surface area contributed by atoms with Crippen LogP contribution >= 0.6 is 0 Å². The fourth-order valence-electron chi connectivity index (χ4n) is 4.41. The Morgan fingerprint density at radius 2 is 1.50 bits per heavy atom. The number of hydrogen-bond donors (Lipinski definition) is 0. The van der Waals surface area contributed by atoms with Crippen molar-refractivity contribution in [2.24, 2.45) is 0 Å². The maximum atomic E-state index is 5.49. The van der Waals surface area contributed by atoms with Crippen LogP contribution in [0.3, 0.4) is 0 Å². The van der Waals surface area contributed by atoms with E-state index in [2.05, 4.69) is 95.9 Å². The van der Waals surface area contributed by atoms with E-state index in [9.17, 15) is 0 Å². The van der Waals surface area contributed by atoms with E-state index in [0.29, 0.717) is 0 Å². The van der Waals surface area contributed by atoms with Crippen LogP contribution in [0.1, 0.15) is 23.1 Å². The van der Waals surface area contributed by atoms with E-state index in [1.54, 1.807) is 0 Å². The summed E-state index contributed by atoms with van der Waals surface area (Å²) in [6.07, 6.45) is 5.80. The van der Waals surface area contributed by atoms with Crippen molar-refractivity contribution in [1.29, 1.82) is 0 Å². The molecular weight excluding hydrogens is 366 g/mol. The van der Waals surface area contributed by atoms with Gasteiger partial charge in [0.25, 0.3) is 0 Å². The maximum absolute atomic E-state index is 5.49. The Labute approximate surface area is 179 Å². The van der Waals surface area contributed by atoms with Crippen LogP contribution in [0, 0.1) is 0 Å². The van der Waals surface area contributed by atoms with Crippen LogP contribution in [0.4, 0.5) is 0 Å². The van der Waals surface area contributed by atoms with Crippen molar-refractivity contribution in [3.05, 3.63) is 102 Å². The molecule has 2 heteroatoms. The first kappa shape index (κ1) is 19.0. The number of morpholine rings is 1. The second-order valence-electron chi connectivity index (χ2n) is 8.01. The van der Waals surface area contributed by atoms with Crippen LogP contribution in [0.2, 0.25) is 0 Å². The molecule has 3 aromatic carbocycles. The number of allylic oxidation sites excluding steroid dienone is 2. The zero-order chi connectivity index (χ0) is 20.2. The summed E-state index contributed by atoms with van der Waals surface area (Å²) in [5.41, 5.74) is 9.25. The molecule has 1 heterocycles. The third-order valence-electron chi connectivity index (χ3n) is 6.03. The Kier molecular flexibility index (Phi) is 5.60. The van der Waals surface area contributed by atoms with Gasteiger partial charge in [-0.15, -0.1) is 0 Å². The predicted molar refractivity (Wildman–Crippen MR) is 126 cm³/mol. The Morgan fingerprint density at radius 1 is 0.767 bits per heavy atom. The second-order valence-corrected chi connectivity index (χ2v) is 8.01. The molecule has 0 bridgehead atoms. The van der Waals surface area contributed by atoms with Gasteiger partial charge in [0.1, 0.15) is 0 Å². The first-order valence-corrected chi connectivity index (χ1v) is 10.8. The Morgan fingerprint density at radius 3 is 2.33 bits per heavy atom. The lowest BCUT2D eigenvalue weighted by molar-refractivity contribution is 0.0390. The van der Waals surface area contributed by atoms with E-state index in [1.165, 1.54) is 39.0 Å². The lowest BCUT2D eigenvalue weighted by Gasteiger charge is -2.26. The minimum atomic E-state index is 0.860. The topological polar surface area (TPSA) is 12.5 Å².